The topological polar surface area (TPSA) is 63.1 Å². The number of carbonyl (C=O) groups is 1. The summed E-state index contributed by atoms with van der Waals surface area (Å²) < 4.78 is 1.98. The monoisotopic (exact) mass is 369 g/mol. The molecule has 3 heterocycles. The molecule has 3 rings (SSSR count). The molecule has 1 atom stereocenters. The van der Waals surface area contributed by atoms with Crippen molar-refractivity contribution in [1.82, 2.24) is 25.2 Å². The van der Waals surface area contributed by atoms with E-state index in [1.807, 2.05) is 16.5 Å². The Hall–Kier alpha value is -1.14. The van der Waals surface area contributed by atoms with Crippen LogP contribution in [0.4, 0.5) is 0 Å². The average molecular weight is 370 g/mol. The molecule has 0 aliphatic carbocycles. The summed E-state index contributed by atoms with van der Waals surface area (Å²) in [5.41, 5.74) is 1.73. The summed E-state index contributed by atoms with van der Waals surface area (Å²) in [7, 11) is 0. The van der Waals surface area contributed by atoms with Gasteiger partial charge in [-0.2, -0.15) is 0 Å². The van der Waals surface area contributed by atoms with Crippen molar-refractivity contribution >= 4 is 18.3 Å². The van der Waals surface area contributed by atoms with E-state index in [-0.39, 0.29) is 23.7 Å². The Bertz CT molecular complexity index is 580. The van der Waals surface area contributed by atoms with E-state index in [1.54, 1.807) is 0 Å². The number of hydrogen-bond donors (Lipinski definition) is 1. The van der Waals surface area contributed by atoms with Crippen LogP contribution in [0.1, 0.15) is 74.6 Å². The van der Waals surface area contributed by atoms with Crippen LogP contribution in [0.25, 0.3) is 0 Å². The Morgan fingerprint density at radius 1 is 1.36 bits per heavy atom. The van der Waals surface area contributed by atoms with E-state index in [1.165, 1.54) is 19.3 Å². The molecule has 142 valence electrons. The van der Waals surface area contributed by atoms with Gasteiger partial charge in [-0.15, -0.1) is 17.5 Å². The zero-order valence-corrected chi connectivity index (χ0v) is 16.6. The molecule has 1 unspecified atom stereocenters. The Morgan fingerprint density at radius 3 is 2.76 bits per heavy atom. The van der Waals surface area contributed by atoms with Gasteiger partial charge in [-0.1, -0.05) is 25.5 Å². The maximum absolute atomic E-state index is 13.0. The fraction of sp³-hybridized carbons (Fsp3) is 0.833. The molecule has 1 aromatic rings. The molecule has 1 N–H and O–H groups in total. The van der Waals surface area contributed by atoms with Crippen molar-refractivity contribution < 1.29 is 4.79 Å². The molecule has 6 nitrogen and oxygen atoms in total. The molecule has 7 heteroatoms. The van der Waals surface area contributed by atoms with Gasteiger partial charge in [0.25, 0.3) is 5.91 Å². The molecule has 0 bridgehead atoms. The SMILES string of the molecule is CCCC1(C)CCCN(C(=O)c2nnn(C3CCNCC3)c2C)C1.Cl. The molecule has 2 fully saturated rings. The first-order chi connectivity index (χ1) is 11.5. The summed E-state index contributed by atoms with van der Waals surface area (Å²) in [5, 5.41) is 11.9. The van der Waals surface area contributed by atoms with E-state index in [4.69, 9.17) is 0 Å². The molecule has 2 aliphatic rings. The van der Waals surface area contributed by atoms with Gasteiger partial charge in [0, 0.05) is 13.1 Å². The Balaban J connectivity index is 0.00000225. The lowest BCUT2D eigenvalue weighted by Crippen LogP contribution is -2.45. The number of likely N-dealkylation sites (tertiary alicyclic amines) is 1. The van der Waals surface area contributed by atoms with Gasteiger partial charge in [0.15, 0.2) is 5.69 Å². The molecule has 0 aromatic carbocycles. The zero-order chi connectivity index (χ0) is 17.2. The molecular weight excluding hydrogens is 338 g/mol. The number of nitrogens with one attached hydrogen (secondary N) is 1. The lowest BCUT2D eigenvalue weighted by atomic mass is 9.78. The van der Waals surface area contributed by atoms with Gasteiger partial charge in [0.05, 0.1) is 11.7 Å². The average Bonchev–Trinajstić information content (AvgIpc) is 2.96. The van der Waals surface area contributed by atoms with Gasteiger partial charge in [-0.05, 0) is 57.5 Å². The normalized spacial score (nSPS) is 24.8. The highest BCUT2D eigenvalue weighted by Gasteiger charge is 2.34. The highest BCUT2D eigenvalue weighted by Crippen LogP contribution is 2.34. The second-order valence-electron chi connectivity index (χ2n) is 7.84. The third kappa shape index (κ3) is 4.34. The third-order valence-corrected chi connectivity index (χ3v) is 5.71. The van der Waals surface area contributed by atoms with Crippen LogP contribution in [0.15, 0.2) is 0 Å². The lowest BCUT2D eigenvalue weighted by molar-refractivity contribution is 0.0524. The number of amides is 1. The predicted octanol–water partition coefficient (Wildman–Crippen LogP) is 2.98. The van der Waals surface area contributed by atoms with Crippen LogP contribution in [-0.2, 0) is 0 Å². The van der Waals surface area contributed by atoms with Crippen LogP contribution in [0.3, 0.4) is 0 Å². The summed E-state index contributed by atoms with van der Waals surface area (Å²) in [6.45, 7) is 10.2. The van der Waals surface area contributed by atoms with Crippen molar-refractivity contribution in [2.45, 2.75) is 65.3 Å². The molecule has 2 aliphatic heterocycles. The van der Waals surface area contributed by atoms with E-state index < -0.39 is 0 Å². The van der Waals surface area contributed by atoms with Crippen molar-refractivity contribution in [3.8, 4) is 0 Å². The van der Waals surface area contributed by atoms with Crippen LogP contribution < -0.4 is 5.32 Å². The van der Waals surface area contributed by atoms with Crippen LogP contribution in [0, 0.1) is 12.3 Å². The number of carbonyl (C=O) groups excluding carboxylic acids is 1. The second kappa shape index (κ2) is 8.49. The third-order valence-electron chi connectivity index (χ3n) is 5.71. The van der Waals surface area contributed by atoms with E-state index in [9.17, 15) is 4.79 Å². The maximum atomic E-state index is 13.0. The molecule has 0 spiro atoms. The van der Waals surface area contributed by atoms with Crippen molar-refractivity contribution in [3.63, 3.8) is 0 Å². The standard InChI is InChI=1S/C18H31N5O.ClH/c1-4-8-18(3)9-5-12-22(13-18)17(24)16-14(2)23(21-20-16)15-6-10-19-11-7-15;/h15,19H,4-13H2,1-3H3;1H. The maximum Gasteiger partial charge on any atom is 0.276 e. The van der Waals surface area contributed by atoms with Crippen molar-refractivity contribution in [1.29, 1.82) is 0 Å². The van der Waals surface area contributed by atoms with Gasteiger partial charge in [0.2, 0.25) is 0 Å². The number of rotatable bonds is 4. The molecule has 1 amide bonds. The number of nitrogens with zero attached hydrogens (tertiary/aromatic N) is 4. The highest BCUT2D eigenvalue weighted by atomic mass is 35.5. The van der Waals surface area contributed by atoms with Crippen molar-refractivity contribution in [2.24, 2.45) is 5.41 Å². The minimum atomic E-state index is 0. The quantitative estimate of drug-likeness (QED) is 0.886. The van der Waals surface area contributed by atoms with Crippen LogP contribution in [0.5, 0.6) is 0 Å². The van der Waals surface area contributed by atoms with E-state index in [0.29, 0.717) is 11.7 Å². The Morgan fingerprint density at radius 2 is 2.08 bits per heavy atom. The van der Waals surface area contributed by atoms with Gasteiger partial charge in [-0.3, -0.25) is 4.79 Å². The minimum Gasteiger partial charge on any atom is -0.337 e. The molecule has 0 saturated carbocycles. The van der Waals surface area contributed by atoms with E-state index in [2.05, 4.69) is 29.5 Å². The summed E-state index contributed by atoms with van der Waals surface area (Å²) >= 11 is 0. The summed E-state index contributed by atoms with van der Waals surface area (Å²) in [4.78, 5) is 15.0. The molecule has 25 heavy (non-hydrogen) atoms. The van der Waals surface area contributed by atoms with Crippen LogP contribution in [-0.4, -0.2) is 52.0 Å². The van der Waals surface area contributed by atoms with Crippen molar-refractivity contribution in [2.75, 3.05) is 26.2 Å². The highest BCUT2D eigenvalue weighted by molar-refractivity contribution is 5.93. The van der Waals surface area contributed by atoms with Crippen LogP contribution in [0.2, 0.25) is 0 Å². The second-order valence-corrected chi connectivity index (χ2v) is 7.84. The van der Waals surface area contributed by atoms with E-state index >= 15 is 0 Å². The largest absolute Gasteiger partial charge is 0.337 e. The van der Waals surface area contributed by atoms with Gasteiger partial charge in [-0.25, -0.2) is 4.68 Å². The Labute approximate surface area is 157 Å². The summed E-state index contributed by atoms with van der Waals surface area (Å²) in [6, 6.07) is 0.368. The fourth-order valence-electron chi connectivity index (χ4n) is 4.38. The molecular formula is C18H32ClN5O. The zero-order valence-electron chi connectivity index (χ0n) is 15.8. The smallest absolute Gasteiger partial charge is 0.276 e. The molecule has 1 aromatic heterocycles. The lowest BCUT2D eigenvalue weighted by Gasteiger charge is -2.40. The summed E-state index contributed by atoms with van der Waals surface area (Å²) in [5.74, 6) is 0.0645. The van der Waals surface area contributed by atoms with Crippen molar-refractivity contribution in [3.05, 3.63) is 11.4 Å². The number of hydrogen-bond acceptors (Lipinski definition) is 4. The molecule has 2 saturated heterocycles. The fourth-order valence-corrected chi connectivity index (χ4v) is 4.38. The first-order valence-corrected chi connectivity index (χ1v) is 9.46. The predicted molar refractivity (Wildman–Crippen MR) is 101 cm³/mol. The van der Waals surface area contributed by atoms with Crippen LogP contribution >= 0.6 is 12.4 Å². The number of aromatic nitrogens is 3. The van der Waals surface area contributed by atoms with Gasteiger partial charge < -0.3 is 10.2 Å². The van der Waals surface area contributed by atoms with Gasteiger partial charge in [0.1, 0.15) is 0 Å². The minimum absolute atomic E-state index is 0. The Kier molecular flexibility index (Phi) is 6.86. The first-order valence-electron chi connectivity index (χ1n) is 9.46. The number of piperidine rings is 2. The van der Waals surface area contributed by atoms with Gasteiger partial charge >= 0.3 is 0 Å². The number of halogens is 1. The van der Waals surface area contributed by atoms with E-state index in [0.717, 1.165) is 51.1 Å². The molecule has 0 radical (unpaired) electrons. The summed E-state index contributed by atoms with van der Waals surface area (Å²) in [6.07, 6.45) is 6.75. The first kappa shape index (κ1) is 20.2.